The Balaban J connectivity index is 2.11. The van der Waals surface area contributed by atoms with Gasteiger partial charge in [-0.1, -0.05) is 11.6 Å². The predicted molar refractivity (Wildman–Crippen MR) is 96.6 cm³/mol. The van der Waals surface area contributed by atoms with Gasteiger partial charge in [-0.2, -0.15) is 10.4 Å². The van der Waals surface area contributed by atoms with Crippen molar-refractivity contribution < 1.29 is 9.90 Å². The first kappa shape index (κ1) is 17.9. The van der Waals surface area contributed by atoms with Crippen LogP contribution >= 0.6 is 11.6 Å². The molecular weight excluding hydrogens is 354 g/mol. The lowest BCUT2D eigenvalue weighted by atomic mass is 9.93. The van der Waals surface area contributed by atoms with E-state index in [1.165, 1.54) is 17.1 Å². The molecule has 8 heteroatoms. The Labute approximate surface area is 154 Å². The molecule has 0 aliphatic rings. The Kier molecular flexibility index (Phi) is 4.40. The van der Waals surface area contributed by atoms with Crippen LogP contribution in [-0.2, 0) is 12.1 Å². The number of carbonyl (C=O) groups is 1. The number of benzene rings is 1. The Hall–Kier alpha value is -2.95. The molecule has 2 heterocycles. The molecule has 0 bridgehead atoms. The van der Waals surface area contributed by atoms with Crippen LogP contribution in [-0.4, -0.2) is 25.8 Å². The van der Waals surface area contributed by atoms with E-state index in [1.54, 1.807) is 19.9 Å². The summed E-state index contributed by atoms with van der Waals surface area (Å²) in [5.74, 6) is -0.709. The fraction of sp³-hybridized carbons (Fsp3) is 0.222. The molecule has 0 atom stereocenters. The van der Waals surface area contributed by atoms with E-state index in [0.717, 1.165) is 10.9 Å². The molecule has 7 nitrogen and oxygen atoms in total. The number of amides is 1. The highest BCUT2D eigenvalue weighted by atomic mass is 35.5. The number of fused-ring (bicyclic) bond motifs is 1. The number of hydrogen-bond donors (Lipinski definition) is 2. The smallest absolute Gasteiger partial charge is 0.253 e. The minimum absolute atomic E-state index is 0.0225. The van der Waals surface area contributed by atoms with E-state index < -0.39 is 11.5 Å². The molecule has 2 aromatic heterocycles. The minimum Gasteiger partial charge on any atom is -0.386 e. The van der Waals surface area contributed by atoms with Crippen LogP contribution in [0, 0.1) is 11.3 Å². The fourth-order valence-electron chi connectivity index (χ4n) is 2.80. The van der Waals surface area contributed by atoms with E-state index in [4.69, 9.17) is 22.6 Å². The molecule has 0 aliphatic heterocycles. The van der Waals surface area contributed by atoms with Gasteiger partial charge in [0.2, 0.25) is 0 Å². The van der Waals surface area contributed by atoms with Crippen molar-refractivity contribution in [1.29, 1.82) is 5.26 Å². The van der Waals surface area contributed by atoms with Crippen LogP contribution in [0.25, 0.3) is 10.9 Å². The summed E-state index contributed by atoms with van der Waals surface area (Å²) in [7, 11) is 0. The quantitative estimate of drug-likeness (QED) is 0.731. The number of nitrogens with zero attached hydrogens (tertiary/aromatic N) is 4. The van der Waals surface area contributed by atoms with E-state index in [-0.39, 0.29) is 17.8 Å². The lowest BCUT2D eigenvalue weighted by Crippen LogP contribution is -2.17. The standard InChI is InChI=1S/C18H16ClN5O2/c1-18(2,26)14-4-10(3-11-5-12(19)7-22-16(11)14)8-24-9-13(17(21)25)15(6-20)23-24/h3-5,7,9,26H,8H2,1-2H3,(H2,21,25). The predicted octanol–water partition coefficient (Wildman–Crippen LogP) is 2.33. The molecule has 3 rings (SSSR count). The zero-order valence-corrected chi connectivity index (χ0v) is 14.9. The largest absolute Gasteiger partial charge is 0.386 e. The van der Waals surface area contributed by atoms with Crippen molar-refractivity contribution in [3.63, 3.8) is 0 Å². The number of aromatic nitrogens is 3. The summed E-state index contributed by atoms with van der Waals surface area (Å²) in [6.07, 6.45) is 2.97. The highest BCUT2D eigenvalue weighted by Gasteiger charge is 2.21. The second-order valence-electron chi connectivity index (χ2n) is 6.49. The van der Waals surface area contributed by atoms with Crippen LogP contribution in [0.4, 0.5) is 0 Å². The number of nitriles is 1. The Morgan fingerprint density at radius 3 is 2.73 bits per heavy atom. The van der Waals surface area contributed by atoms with E-state index in [0.29, 0.717) is 16.1 Å². The lowest BCUT2D eigenvalue weighted by Gasteiger charge is -2.21. The van der Waals surface area contributed by atoms with Crippen LogP contribution in [0.2, 0.25) is 5.02 Å². The first-order valence-corrected chi connectivity index (χ1v) is 8.15. The van der Waals surface area contributed by atoms with E-state index >= 15 is 0 Å². The molecule has 0 unspecified atom stereocenters. The molecule has 3 N–H and O–H groups in total. The van der Waals surface area contributed by atoms with Crippen molar-refractivity contribution in [1.82, 2.24) is 14.8 Å². The van der Waals surface area contributed by atoms with Gasteiger partial charge in [0.25, 0.3) is 5.91 Å². The van der Waals surface area contributed by atoms with Crippen molar-refractivity contribution in [2.24, 2.45) is 5.73 Å². The average molecular weight is 370 g/mol. The van der Waals surface area contributed by atoms with Crippen LogP contribution in [0.1, 0.15) is 41.0 Å². The maximum absolute atomic E-state index is 11.4. The van der Waals surface area contributed by atoms with Gasteiger partial charge in [0.15, 0.2) is 5.69 Å². The maximum atomic E-state index is 11.4. The van der Waals surface area contributed by atoms with Crippen molar-refractivity contribution in [3.05, 3.63) is 58.0 Å². The van der Waals surface area contributed by atoms with Crippen LogP contribution in [0.15, 0.2) is 30.6 Å². The van der Waals surface area contributed by atoms with Crippen LogP contribution < -0.4 is 5.73 Å². The Bertz CT molecular complexity index is 1060. The third kappa shape index (κ3) is 3.38. The van der Waals surface area contributed by atoms with Gasteiger partial charge in [-0.15, -0.1) is 0 Å². The normalized spacial score (nSPS) is 11.5. The van der Waals surface area contributed by atoms with Gasteiger partial charge >= 0.3 is 0 Å². The van der Waals surface area contributed by atoms with Crippen molar-refractivity contribution in [2.75, 3.05) is 0 Å². The van der Waals surface area contributed by atoms with Gasteiger partial charge < -0.3 is 10.8 Å². The molecule has 26 heavy (non-hydrogen) atoms. The average Bonchev–Trinajstić information content (AvgIpc) is 2.96. The summed E-state index contributed by atoms with van der Waals surface area (Å²) in [6.45, 7) is 3.64. The molecule has 0 spiro atoms. The first-order valence-electron chi connectivity index (χ1n) is 7.77. The van der Waals surface area contributed by atoms with Gasteiger partial charge in [0.05, 0.1) is 28.2 Å². The highest BCUT2D eigenvalue weighted by Crippen LogP contribution is 2.30. The Morgan fingerprint density at radius 1 is 1.42 bits per heavy atom. The van der Waals surface area contributed by atoms with Gasteiger partial charge in [-0.3, -0.25) is 14.5 Å². The van der Waals surface area contributed by atoms with E-state index in [9.17, 15) is 9.90 Å². The fourth-order valence-corrected chi connectivity index (χ4v) is 2.96. The van der Waals surface area contributed by atoms with Crippen LogP contribution in [0.3, 0.4) is 0 Å². The second-order valence-corrected chi connectivity index (χ2v) is 6.93. The highest BCUT2D eigenvalue weighted by molar-refractivity contribution is 6.31. The van der Waals surface area contributed by atoms with Gasteiger partial charge in [-0.25, -0.2) is 0 Å². The van der Waals surface area contributed by atoms with E-state index in [2.05, 4.69) is 10.1 Å². The van der Waals surface area contributed by atoms with Gasteiger partial charge in [0, 0.05) is 23.3 Å². The van der Waals surface area contributed by atoms with Crippen LogP contribution in [0.5, 0.6) is 0 Å². The monoisotopic (exact) mass is 369 g/mol. The summed E-state index contributed by atoms with van der Waals surface area (Å²) in [6, 6.07) is 7.32. The number of hydrogen-bond acceptors (Lipinski definition) is 5. The third-order valence-corrected chi connectivity index (χ3v) is 4.15. The summed E-state index contributed by atoms with van der Waals surface area (Å²) < 4.78 is 1.46. The number of halogens is 1. The molecule has 0 radical (unpaired) electrons. The van der Waals surface area contributed by atoms with E-state index in [1.807, 2.05) is 18.2 Å². The molecule has 1 aromatic carbocycles. The van der Waals surface area contributed by atoms with Gasteiger partial charge in [-0.05, 0) is 37.6 Å². The number of aliphatic hydroxyl groups is 1. The number of rotatable bonds is 4. The lowest BCUT2D eigenvalue weighted by molar-refractivity contribution is 0.0799. The zero-order valence-electron chi connectivity index (χ0n) is 14.2. The molecular formula is C18H16ClN5O2. The minimum atomic E-state index is -1.12. The molecule has 1 amide bonds. The zero-order chi connectivity index (χ0) is 19.1. The van der Waals surface area contributed by atoms with Crippen molar-refractivity contribution in [3.8, 4) is 6.07 Å². The number of nitrogens with two attached hydrogens (primary N) is 1. The van der Waals surface area contributed by atoms with Crippen molar-refractivity contribution in [2.45, 2.75) is 26.0 Å². The molecule has 3 aromatic rings. The summed E-state index contributed by atoms with van der Waals surface area (Å²) in [4.78, 5) is 15.7. The SMILES string of the molecule is CC(C)(O)c1cc(Cn2cc(C(N)=O)c(C#N)n2)cc2cc(Cl)cnc12. The van der Waals surface area contributed by atoms with Crippen molar-refractivity contribution >= 4 is 28.4 Å². The van der Waals surface area contributed by atoms with Gasteiger partial charge in [0.1, 0.15) is 6.07 Å². The third-order valence-electron chi connectivity index (χ3n) is 3.95. The summed E-state index contributed by atoms with van der Waals surface area (Å²) in [5, 5.41) is 24.9. The molecule has 0 saturated heterocycles. The molecule has 0 aliphatic carbocycles. The summed E-state index contributed by atoms with van der Waals surface area (Å²) >= 11 is 6.05. The summed E-state index contributed by atoms with van der Waals surface area (Å²) in [5.41, 5.74) is 6.31. The number of carbonyl (C=O) groups excluding carboxylic acids is 1. The Morgan fingerprint density at radius 2 is 2.15 bits per heavy atom. The topological polar surface area (TPSA) is 118 Å². The maximum Gasteiger partial charge on any atom is 0.253 e. The molecule has 132 valence electrons. The number of pyridine rings is 1. The first-order chi connectivity index (χ1) is 12.2. The second kappa shape index (κ2) is 6.41. The number of primary amides is 1. The molecule has 0 saturated carbocycles. The molecule has 0 fully saturated rings.